The molecule has 0 fully saturated rings. The Labute approximate surface area is 334 Å². The number of aromatic nitrogens is 4. The van der Waals surface area contributed by atoms with Gasteiger partial charge >= 0.3 is 0 Å². The van der Waals surface area contributed by atoms with E-state index < -0.39 is 0 Å². The van der Waals surface area contributed by atoms with Gasteiger partial charge < -0.3 is 0 Å². The molecule has 268 valence electrons. The van der Waals surface area contributed by atoms with Gasteiger partial charge in [0, 0.05) is 38.6 Å². The maximum Gasteiger partial charge on any atom is 0.160 e. The van der Waals surface area contributed by atoms with Gasteiger partial charge in [-0.3, -0.25) is 0 Å². The number of hydrogen-bond acceptors (Lipinski definition) is 4. The quantitative estimate of drug-likeness (QED) is 0.165. The average Bonchev–Trinajstić information content (AvgIpc) is 3.62. The molecule has 0 atom stereocenters. The summed E-state index contributed by atoms with van der Waals surface area (Å²) in [6.45, 7) is 0. The lowest BCUT2D eigenvalue weighted by Crippen LogP contribution is -1.96. The van der Waals surface area contributed by atoms with Crippen molar-refractivity contribution < 1.29 is 0 Å². The van der Waals surface area contributed by atoms with Gasteiger partial charge in [0.25, 0.3) is 0 Å². The van der Waals surface area contributed by atoms with Crippen LogP contribution in [0.2, 0.25) is 0 Å². The molecule has 0 unspecified atom stereocenters. The van der Waals surface area contributed by atoms with Crippen LogP contribution in [0.25, 0.3) is 122 Å². The highest BCUT2D eigenvalue weighted by atomic mass is 14.9. The summed E-state index contributed by atoms with van der Waals surface area (Å²) in [5.41, 5.74) is 15.7. The van der Waals surface area contributed by atoms with Gasteiger partial charge in [-0.2, -0.15) is 0 Å². The Morgan fingerprint density at radius 3 is 1.48 bits per heavy atom. The molecule has 0 spiro atoms. The van der Waals surface area contributed by atoms with E-state index in [9.17, 15) is 0 Å². The van der Waals surface area contributed by atoms with Crippen molar-refractivity contribution in [3.05, 3.63) is 194 Å². The molecule has 8 aromatic carbocycles. The van der Waals surface area contributed by atoms with Crippen molar-refractivity contribution in [3.63, 3.8) is 0 Å². The van der Waals surface area contributed by atoms with E-state index in [0.29, 0.717) is 5.82 Å². The molecule has 3 aromatic heterocycles. The molecule has 3 heterocycles. The van der Waals surface area contributed by atoms with E-state index >= 15 is 0 Å². The van der Waals surface area contributed by atoms with Gasteiger partial charge in [0.15, 0.2) is 5.82 Å². The van der Waals surface area contributed by atoms with Crippen LogP contribution in [0.5, 0.6) is 0 Å². The first-order valence-corrected chi connectivity index (χ1v) is 19.6. The Morgan fingerprint density at radius 2 is 0.759 bits per heavy atom. The summed E-state index contributed by atoms with van der Waals surface area (Å²) in [6.07, 6.45) is 0. The Kier molecular flexibility index (Phi) is 7.20. The number of pyridine rings is 2. The van der Waals surface area contributed by atoms with Crippen molar-refractivity contribution in [2.75, 3.05) is 0 Å². The minimum absolute atomic E-state index is 0.697. The summed E-state index contributed by atoms with van der Waals surface area (Å²) in [6, 6.07) is 68.5. The predicted molar refractivity (Wildman–Crippen MR) is 239 cm³/mol. The van der Waals surface area contributed by atoms with E-state index in [2.05, 4.69) is 176 Å². The van der Waals surface area contributed by atoms with Crippen LogP contribution in [0, 0.1) is 0 Å². The summed E-state index contributed by atoms with van der Waals surface area (Å²) in [5.74, 6) is 0.697. The molecule has 0 aliphatic heterocycles. The summed E-state index contributed by atoms with van der Waals surface area (Å²) in [5, 5.41) is 7.12. The topological polar surface area (TPSA) is 51.6 Å². The number of hydrogen-bond donors (Lipinski definition) is 0. The molecule has 0 saturated heterocycles. The second kappa shape index (κ2) is 12.9. The van der Waals surface area contributed by atoms with Gasteiger partial charge in [-0.15, -0.1) is 0 Å². The van der Waals surface area contributed by atoms with Crippen molar-refractivity contribution in [2.45, 2.75) is 0 Å². The molecule has 4 nitrogen and oxygen atoms in total. The van der Waals surface area contributed by atoms with Crippen LogP contribution in [0.3, 0.4) is 0 Å². The Hall–Kier alpha value is -7.82. The number of benzene rings is 8. The number of fused-ring (bicyclic) bond motifs is 7. The van der Waals surface area contributed by atoms with E-state index in [4.69, 9.17) is 19.9 Å². The molecular weight excluding hydrogens is 705 g/mol. The maximum absolute atomic E-state index is 5.29. The third-order valence-electron chi connectivity index (χ3n) is 11.6. The van der Waals surface area contributed by atoms with Crippen molar-refractivity contribution in [1.82, 2.24) is 19.9 Å². The zero-order valence-electron chi connectivity index (χ0n) is 31.3. The lowest BCUT2D eigenvalue weighted by atomic mass is 9.99. The predicted octanol–water partition coefficient (Wildman–Crippen LogP) is 13.9. The summed E-state index contributed by atoms with van der Waals surface area (Å²) < 4.78 is 0. The Bertz CT molecular complexity index is 3440. The van der Waals surface area contributed by atoms with Gasteiger partial charge in [0.1, 0.15) is 0 Å². The van der Waals surface area contributed by atoms with Crippen molar-refractivity contribution in [3.8, 4) is 78.7 Å². The van der Waals surface area contributed by atoms with Crippen LogP contribution in [0.4, 0.5) is 0 Å². The third kappa shape index (κ3) is 5.31. The summed E-state index contributed by atoms with van der Waals surface area (Å²) in [7, 11) is 0. The largest absolute Gasteiger partial charge is 0.245 e. The molecule has 4 heteroatoms. The van der Waals surface area contributed by atoms with Crippen LogP contribution >= 0.6 is 0 Å². The molecule has 0 radical (unpaired) electrons. The van der Waals surface area contributed by atoms with E-state index in [1.807, 2.05) is 18.2 Å². The minimum atomic E-state index is 0.697. The molecular formula is C54H32N4. The van der Waals surface area contributed by atoms with Gasteiger partial charge in [-0.05, 0) is 74.1 Å². The maximum atomic E-state index is 5.29. The normalized spacial score (nSPS) is 11.8. The molecule has 0 N–H and O–H groups in total. The van der Waals surface area contributed by atoms with Gasteiger partial charge in [0.05, 0.1) is 33.8 Å². The minimum Gasteiger partial charge on any atom is -0.245 e. The third-order valence-corrected chi connectivity index (χ3v) is 11.6. The van der Waals surface area contributed by atoms with E-state index in [0.717, 1.165) is 72.4 Å². The molecule has 1 aliphatic carbocycles. The summed E-state index contributed by atoms with van der Waals surface area (Å²) >= 11 is 0. The molecule has 11 aromatic rings. The molecule has 58 heavy (non-hydrogen) atoms. The highest BCUT2D eigenvalue weighted by Gasteiger charge is 2.22. The van der Waals surface area contributed by atoms with Gasteiger partial charge in [-0.1, -0.05) is 164 Å². The highest BCUT2D eigenvalue weighted by molar-refractivity contribution is 6.15. The zero-order valence-corrected chi connectivity index (χ0v) is 31.3. The van der Waals surface area contributed by atoms with E-state index in [1.165, 1.54) is 43.8 Å². The van der Waals surface area contributed by atoms with Gasteiger partial charge in [0.2, 0.25) is 0 Å². The van der Waals surface area contributed by atoms with Crippen molar-refractivity contribution >= 4 is 43.4 Å². The number of nitrogens with zero attached hydrogens (tertiary/aromatic N) is 4. The van der Waals surface area contributed by atoms with Crippen molar-refractivity contribution in [2.24, 2.45) is 0 Å². The van der Waals surface area contributed by atoms with Crippen molar-refractivity contribution in [1.29, 1.82) is 0 Å². The fraction of sp³-hybridized carbons (Fsp3) is 0. The lowest BCUT2D eigenvalue weighted by molar-refractivity contribution is 1.18. The molecule has 0 saturated carbocycles. The monoisotopic (exact) mass is 736 g/mol. The SMILES string of the molecule is c1ccc(-c2nc(-c3ccc(-c4ccc5ccc6ccc(-c7ccc8c(c7)-c7cccc9cccc-8c79)nc6c5n4)cc3)cc(-c3ccc4ccccc4c3)n2)cc1. The molecule has 1 aliphatic rings. The second-order valence-electron chi connectivity index (χ2n) is 15.0. The zero-order chi connectivity index (χ0) is 38.2. The second-order valence-corrected chi connectivity index (χ2v) is 15.0. The summed E-state index contributed by atoms with van der Waals surface area (Å²) in [4.78, 5) is 20.7. The van der Waals surface area contributed by atoms with E-state index in [-0.39, 0.29) is 0 Å². The fourth-order valence-electron chi connectivity index (χ4n) is 8.66. The average molecular weight is 737 g/mol. The Morgan fingerprint density at radius 1 is 0.241 bits per heavy atom. The van der Waals surface area contributed by atoms with Crippen LogP contribution in [0.1, 0.15) is 0 Å². The smallest absolute Gasteiger partial charge is 0.160 e. The first kappa shape index (κ1) is 32.4. The first-order valence-electron chi connectivity index (χ1n) is 19.6. The molecule has 12 rings (SSSR count). The van der Waals surface area contributed by atoms with Gasteiger partial charge in [-0.25, -0.2) is 19.9 Å². The van der Waals surface area contributed by atoms with Crippen LogP contribution in [-0.4, -0.2) is 19.9 Å². The van der Waals surface area contributed by atoms with Crippen LogP contribution in [-0.2, 0) is 0 Å². The van der Waals surface area contributed by atoms with Crippen LogP contribution in [0.15, 0.2) is 194 Å². The standard InChI is InChI=1S/C54H32N4/c1-2-9-39(10-3-1)54-57-49(32-50(58-54)41-23-16-33-8-4-5-11-40(33)30-41)35-19-17-34(18-20-35)47-28-25-37-21-22-38-26-29-48(56-53(38)52(37)55-47)42-24-27-43-44-14-6-12-36-13-7-15-45(51(36)44)46(43)31-42/h1-32H. The van der Waals surface area contributed by atoms with Crippen LogP contribution < -0.4 is 0 Å². The molecule has 0 amide bonds. The highest BCUT2D eigenvalue weighted by Crippen LogP contribution is 2.48. The van der Waals surface area contributed by atoms with E-state index in [1.54, 1.807) is 0 Å². The number of rotatable bonds is 5. The lowest BCUT2D eigenvalue weighted by Gasteiger charge is -2.11. The molecule has 0 bridgehead atoms. The fourth-order valence-corrected chi connectivity index (χ4v) is 8.66. The Balaban J connectivity index is 0.915. The first-order chi connectivity index (χ1) is 28.7.